The lowest BCUT2D eigenvalue weighted by Crippen LogP contribution is -2.19. The molecule has 0 saturated carbocycles. The first kappa shape index (κ1) is 18.6. The van der Waals surface area contributed by atoms with E-state index in [1.807, 2.05) is 6.07 Å². The quantitative estimate of drug-likeness (QED) is 0.727. The molecule has 1 N–H and O–H groups in total. The minimum absolute atomic E-state index is 0.340. The number of carbonyl (C=O) groups excluding carboxylic acids is 1. The maximum absolute atomic E-state index is 12.4. The predicted octanol–water partition coefficient (Wildman–Crippen LogP) is 5.20. The predicted molar refractivity (Wildman–Crippen MR) is 96.7 cm³/mol. The van der Waals surface area contributed by atoms with Gasteiger partial charge in [0.1, 0.15) is 5.75 Å². The van der Waals surface area contributed by atoms with Gasteiger partial charge in [-0.2, -0.15) is 0 Å². The van der Waals surface area contributed by atoms with Crippen LogP contribution < -0.4 is 15.0 Å². The summed E-state index contributed by atoms with van der Waals surface area (Å²) >= 11 is 3.50. The summed E-state index contributed by atoms with van der Waals surface area (Å²) in [5, 5.41) is 2.65. The van der Waals surface area contributed by atoms with Crippen LogP contribution in [0, 0.1) is 0 Å². The van der Waals surface area contributed by atoms with Gasteiger partial charge in [0.25, 0.3) is 5.91 Å². The summed E-state index contributed by atoms with van der Waals surface area (Å²) in [6.07, 6.45) is -2.43. The average molecular weight is 429 g/mol. The number of benzene rings is 2. The third kappa shape index (κ3) is 4.69. The Morgan fingerprint density at radius 3 is 2.31 bits per heavy atom. The average Bonchev–Trinajstić information content (AvgIpc) is 3.09. The van der Waals surface area contributed by atoms with Gasteiger partial charge < -0.3 is 15.0 Å². The van der Waals surface area contributed by atoms with Crippen LogP contribution in [0.4, 0.5) is 24.5 Å². The zero-order valence-electron chi connectivity index (χ0n) is 13.6. The number of alkyl halides is 3. The maximum Gasteiger partial charge on any atom is 0.573 e. The molecule has 1 saturated heterocycles. The number of ether oxygens (including phenoxy) is 1. The molecule has 0 aromatic heterocycles. The Bertz CT molecular complexity index is 788. The molecule has 0 spiro atoms. The van der Waals surface area contributed by atoms with Crippen molar-refractivity contribution < 1.29 is 22.7 Å². The van der Waals surface area contributed by atoms with E-state index in [0.717, 1.165) is 48.2 Å². The number of hydrogen-bond donors (Lipinski definition) is 1. The summed E-state index contributed by atoms with van der Waals surface area (Å²) in [5.41, 5.74) is 1.88. The molecule has 0 unspecified atom stereocenters. The van der Waals surface area contributed by atoms with Crippen LogP contribution in [0.5, 0.6) is 5.75 Å². The van der Waals surface area contributed by atoms with Crippen LogP contribution in [0.15, 0.2) is 46.9 Å². The molecular formula is C18H16BrF3N2O2. The van der Waals surface area contributed by atoms with Crippen LogP contribution in [0.2, 0.25) is 0 Å². The lowest BCUT2D eigenvalue weighted by Gasteiger charge is -2.19. The van der Waals surface area contributed by atoms with Gasteiger partial charge in [0.05, 0.1) is 5.69 Å². The van der Waals surface area contributed by atoms with Crippen LogP contribution >= 0.6 is 15.9 Å². The van der Waals surface area contributed by atoms with Crippen molar-refractivity contribution in [3.8, 4) is 5.75 Å². The molecule has 1 fully saturated rings. The molecule has 138 valence electrons. The summed E-state index contributed by atoms with van der Waals surface area (Å²) < 4.78 is 41.1. The number of rotatable bonds is 4. The molecule has 1 aliphatic rings. The largest absolute Gasteiger partial charge is 0.573 e. The van der Waals surface area contributed by atoms with Gasteiger partial charge >= 0.3 is 6.36 Å². The topological polar surface area (TPSA) is 41.6 Å². The lowest BCUT2D eigenvalue weighted by atomic mass is 10.1. The van der Waals surface area contributed by atoms with Gasteiger partial charge in [0.15, 0.2) is 0 Å². The molecular weight excluding hydrogens is 413 g/mol. The lowest BCUT2D eigenvalue weighted by molar-refractivity contribution is -0.274. The Labute approximate surface area is 157 Å². The second-order valence-corrected chi connectivity index (χ2v) is 6.74. The van der Waals surface area contributed by atoms with E-state index >= 15 is 0 Å². The van der Waals surface area contributed by atoms with E-state index in [2.05, 4.69) is 30.9 Å². The van der Waals surface area contributed by atoms with Crippen molar-refractivity contribution in [3.05, 3.63) is 52.5 Å². The Morgan fingerprint density at radius 1 is 1.08 bits per heavy atom. The van der Waals surface area contributed by atoms with Crippen molar-refractivity contribution in [1.29, 1.82) is 0 Å². The fourth-order valence-corrected chi connectivity index (χ4v) is 3.44. The molecule has 1 aliphatic heterocycles. The summed E-state index contributed by atoms with van der Waals surface area (Å²) in [7, 11) is 0. The molecule has 0 atom stereocenters. The number of hydrogen-bond acceptors (Lipinski definition) is 3. The van der Waals surface area contributed by atoms with Crippen LogP contribution in [0.25, 0.3) is 0 Å². The van der Waals surface area contributed by atoms with E-state index in [9.17, 15) is 18.0 Å². The van der Waals surface area contributed by atoms with Crippen molar-refractivity contribution in [3.63, 3.8) is 0 Å². The fourth-order valence-electron chi connectivity index (χ4n) is 2.81. The minimum atomic E-state index is -4.74. The van der Waals surface area contributed by atoms with Crippen LogP contribution in [-0.4, -0.2) is 25.4 Å². The molecule has 1 heterocycles. The highest BCUT2D eigenvalue weighted by Gasteiger charge is 2.31. The first-order valence-corrected chi connectivity index (χ1v) is 8.83. The monoisotopic (exact) mass is 428 g/mol. The van der Waals surface area contributed by atoms with Crippen molar-refractivity contribution in [2.45, 2.75) is 19.2 Å². The van der Waals surface area contributed by atoms with Gasteiger partial charge in [-0.15, -0.1) is 13.2 Å². The Kier molecular flexibility index (Phi) is 5.41. The summed E-state index contributed by atoms with van der Waals surface area (Å²) in [6, 6.07) is 10.4. The molecule has 3 rings (SSSR count). The Hall–Kier alpha value is -2.22. The van der Waals surface area contributed by atoms with Gasteiger partial charge in [0, 0.05) is 28.8 Å². The Balaban J connectivity index is 1.67. The second-order valence-electron chi connectivity index (χ2n) is 5.89. The summed E-state index contributed by atoms with van der Waals surface area (Å²) in [5.74, 6) is -0.684. The number of nitrogens with zero attached hydrogens (tertiary/aromatic N) is 1. The number of carbonyl (C=O) groups is 1. The van der Waals surface area contributed by atoms with E-state index in [-0.39, 0.29) is 11.7 Å². The van der Waals surface area contributed by atoms with Crippen LogP contribution in [-0.2, 0) is 0 Å². The normalized spacial score (nSPS) is 14.4. The molecule has 2 aromatic rings. The van der Waals surface area contributed by atoms with E-state index < -0.39 is 6.36 Å². The van der Waals surface area contributed by atoms with Crippen molar-refractivity contribution >= 4 is 33.2 Å². The van der Waals surface area contributed by atoms with Gasteiger partial charge in [0.2, 0.25) is 0 Å². The first-order valence-electron chi connectivity index (χ1n) is 8.03. The zero-order valence-corrected chi connectivity index (χ0v) is 15.2. The van der Waals surface area contributed by atoms with Crippen LogP contribution in [0.3, 0.4) is 0 Å². The van der Waals surface area contributed by atoms with Gasteiger partial charge in [-0.1, -0.05) is 0 Å². The highest BCUT2D eigenvalue weighted by molar-refractivity contribution is 9.10. The maximum atomic E-state index is 12.4. The number of nitrogens with one attached hydrogen (secondary N) is 1. The van der Waals surface area contributed by atoms with Crippen LogP contribution in [0.1, 0.15) is 23.2 Å². The van der Waals surface area contributed by atoms with E-state index in [1.54, 1.807) is 12.1 Å². The van der Waals surface area contributed by atoms with E-state index in [0.29, 0.717) is 11.3 Å². The first-order chi connectivity index (χ1) is 12.3. The summed E-state index contributed by atoms with van der Waals surface area (Å²) in [6.45, 7) is 1.99. The second kappa shape index (κ2) is 7.57. The molecule has 0 radical (unpaired) electrons. The van der Waals surface area contributed by atoms with Crippen molar-refractivity contribution in [1.82, 2.24) is 0 Å². The smallest absolute Gasteiger partial charge is 0.406 e. The molecule has 0 bridgehead atoms. The number of anilines is 2. The molecule has 26 heavy (non-hydrogen) atoms. The molecule has 0 aliphatic carbocycles. The van der Waals surface area contributed by atoms with Gasteiger partial charge in [-0.3, -0.25) is 4.79 Å². The molecule has 8 heteroatoms. The van der Waals surface area contributed by atoms with Crippen molar-refractivity contribution in [2.24, 2.45) is 0 Å². The molecule has 1 amide bonds. The highest BCUT2D eigenvalue weighted by Crippen LogP contribution is 2.30. The summed E-state index contributed by atoms with van der Waals surface area (Å²) in [4.78, 5) is 14.6. The van der Waals surface area contributed by atoms with Gasteiger partial charge in [-0.05, 0) is 71.2 Å². The third-order valence-corrected chi connectivity index (χ3v) is 4.64. The van der Waals surface area contributed by atoms with E-state index in [4.69, 9.17) is 0 Å². The SMILES string of the molecule is O=C(Nc1ccc(OC(F)(F)F)cc1)c1ccc(N2CCCC2)c(Br)c1. The zero-order chi connectivity index (χ0) is 18.7. The Morgan fingerprint density at radius 2 is 1.73 bits per heavy atom. The highest BCUT2D eigenvalue weighted by atomic mass is 79.9. The van der Waals surface area contributed by atoms with Crippen molar-refractivity contribution in [2.75, 3.05) is 23.3 Å². The minimum Gasteiger partial charge on any atom is -0.406 e. The third-order valence-electron chi connectivity index (χ3n) is 4.00. The fraction of sp³-hybridized carbons (Fsp3) is 0.278. The standard InChI is InChI=1S/C18H16BrF3N2O2/c19-15-11-12(3-8-16(15)24-9-1-2-10-24)17(25)23-13-4-6-14(7-5-13)26-18(20,21)22/h3-8,11H,1-2,9-10H2,(H,23,25). The van der Waals surface area contributed by atoms with Gasteiger partial charge in [-0.25, -0.2) is 0 Å². The van der Waals surface area contributed by atoms with E-state index in [1.165, 1.54) is 12.1 Å². The molecule has 2 aromatic carbocycles. The number of amides is 1. The molecule has 4 nitrogen and oxygen atoms in total. The number of halogens is 4.